The minimum absolute atomic E-state index is 0.209. The molecule has 5 rings (SSSR count). The zero-order chi connectivity index (χ0) is 26.0. The Bertz CT molecular complexity index is 1380. The summed E-state index contributed by atoms with van der Waals surface area (Å²) in [7, 11) is -3.46. The van der Waals surface area contributed by atoms with Gasteiger partial charge in [0.1, 0.15) is 11.9 Å². The molecule has 3 aromatic heterocycles. The van der Waals surface area contributed by atoms with Gasteiger partial charge in [0.15, 0.2) is 5.01 Å². The number of nitrogens with zero attached hydrogens (tertiary/aromatic N) is 5. The normalized spacial score (nSPS) is 17.1. The summed E-state index contributed by atoms with van der Waals surface area (Å²) in [5, 5.41) is 2.76. The van der Waals surface area contributed by atoms with Gasteiger partial charge in [-0.1, -0.05) is 0 Å². The lowest BCUT2D eigenvalue weighted by molar-refractivity contribution is 0.0547. The summed E-state index contributed by atoms with van der Waals surface area (Å²) in [6.45, 7) is 3.14. The number of anilines is 1. The fourth-order valence-corrected chi connectivity index (χ4v) is 6.01. The minimum atomic E-state index is -3.46. The van der Waals surface area contributed by atoms with Gasteiger partial charge in [0, 0.05) is 32.0 Å². The van der Waals surface area contributed by atoms with Crippen molar-refractivity contribution < 1.29 is 22.3 Å². The number of halogens is 1. The number of amides is 1. The van der Waals surface area contributed by atoms with Crippen LogP contribution in [0.15, 0.2) is 36.9 Å². The summed E-state index contributed by atoms with van der Waals surface area (Å²) in [6, 6.07) is 2.55. The molecule has 2 fully saturated rings. The number of nitrogens with one attached hydrogen (secondary N) is 2. The largest absolute Gasteiger partial charge is 0.477 e. The molecule has 1 atom stereocenters. The molecule has 0 unspecified atom stereocenters. The van der Waals surface area contributed by atoms with E-state index in [1.54, 1.807) is 24.5 Å². The van der Waals surface area contributed by atoms with Gasteiger partial charge in [0.05, 0.1) is 46.6 Å². The SMILES string of the molecule is CCOc1cncc(-c2cnc(C(=O)N[C@H](CN3CC(F)C3)c3cc(NS(=O)(=O)C4CC4)ccn3)s2)n1. The molecule has 0 spiro atoms. The van der Waals surface area contributed by atoms with Crippen LogP contribution in [-0.4, -0.2) is 76.8 Å². The molecule has 0 bridgehead atoms. The Hall–Kier alpha value is -3.23. The molecule has 4 heterocycles. The maximum atomic E-state index is 13.5. The first-order valence-electron chi connectivity index (χ1n) is 11.9. The average Bonchev–Trinajstić information content (AvgIpc) is 3.61. The molecule has 14 heteroatoms. The van der Waals surface area contributed by atoms with Gasteiger partial charge in [-0.3, -0.25) is 24.4 Å². The van der Waals surface area contributed by atoms with E-state index < -0.39 is 28.1 Å². The highest BCUT2D eigenvalue weighted by Gasteiger charge is 2.36. The van der Waals surface area contributed by atoms with Crippen molar-refractivity contribution in [1.82, 2.24) is 30.2 Å². The molecule has 1 saturated heterocycles. The minimum Gasteiger partial charge on any atom is -0.477 e. The van der Waals surface area contributed by atoms with E-state index in [1.807, 2.05) is 11.8 Å². The number of sulfonamides is 1. The van der Waals surface area contributed by atoms with Gasteiger partial charge in [-0.15, -0.1) is 11.3 Å². The highest BCUT2D eigenvalue weighted by molar-refractivity contribution is 7.93. The lowest BCUT2D eigenvalue weighted by atomic mass is 10.1. The molecule has 1 amide bonds. The van der Waals surface area contributed by atoms with Crippen LogP contribution in [0.2, 0.25) is 0 Å². The number of ether oxygens (including phenoxy) is 1. The molecule has 2 aliphatic rings. The molecule has 3 aromatic rings. The fraction of sp³-hybridized carbons (Fsp3) is 0.435. The number of thiazole rings is 1. The number of pyridine rings is 1. The lowest BCUT2D eigenvalue weighted by Gasteiger charge is -2.36. The van der Waals surface area contributed by atoms with Crippen molar-refractivity contribution in [3.05, 3.63) is 47.6 Å². The van der Waals surface area contributed by atoms with Crippen LogP contribution in [0.3, 0.4) is 0 Å². The van der Waals surface area contributed by atoms with Crippen LogP contribution < -0.4 is 14.8 Å². The van der Waals surface area contributed by atoms with E-state index in [9.17, 15) is 17.6 Å². The second kappa shape index (κ2) is 10.6. The standard InChI is InChI=1S/C23H26FN7O4S2/c1-2-35-21-10-25-8-18(28-21)20-9-27-23(36-20)22(32)29-19(13-31-11-14(24)12-31)17-7-15(5-6-26-17)30-37(33,34)16-3-4-16/h5-10,14,16,19H,2-4,11-13H2,1H3,(H,26,30)(H,29,32)/t19-/m1/s1. The molecule has 11 nitrogen and oxygen atoms in total. The number of carbonyl (C=O) groups excluding carboxylic acids is 1. The first-order chi connectivity index (χ1) is 17.8. The molecule has 0 aromatic carbocycles. The average molecular weight is 548 g/mol. The van der Waals surface area contributed by atoms with Crippen molar-refractivity contribution in [2.45, 2.75) is 37.2 Å². The Kier molecular flexibility index (Phi) is 7.31. The predicted molar refractivity (Wildman–Crippen MR) is 136 cm³/mol. The van der Waals surface area contributed by atoms with E-state index in [0.717, 1.165) is 11.3 Å². The summed E-state index contributed by atoms with van der Waals surface area (Å²) in [5.74, 6) is -0.0540. The van der Waals surface area contributed by atoms with Crippen molar-refractivity contribution in [1.29, 1.82) is 0 Å². The summed E-state index contributed by atoms with van der Waals surface area (Å²) in [6.07, 6.45) is 6.48. The van der Waals surface area contributed by atoms with Crippen LogP contribution in [0.1, 0.15) is 41.3 Å². The van der Waals surface area contributed by atoms with Crippen molar-refractivity contribution in [2.75, 3.05) is 31.0 Å². The fourth-order valence-electron chi connectivity index (χ4n) is 3.86. The summed E-state index contributed by atoms with van der Waals surface area (Å²) in [5.41, 5.74) is 1.36. The van der Waals surface area contributed by atoms with Gasteiger partial charge in [-0.2, -0.15) is 0 Å². The highest BCUT2D eigenvalue weighted by atomic mass is 32.2. The molecule has 2 N–H and O–H groups in total. The molecule has 196 valence electrons. The van der Waals surface area contributed by atoms with Crippen LogP contribution in [-0.2, 0) is 10.0 Å². The number of rotatable bonds is 11. The van der Waals surface area contributed by atoms with E-state index in [-0.39, 0.29) is 23.3 Å². The first kappa shape index (κ1) is 25.4. The topological polar surface area (TPSA) is 139 Å². The Morgan fingerprint density at radius 1 is 1.27 bits per heavy atom. The molecule has 1 aliphatic carbocycles. The molecule has 1 aliphatic heterocycles. The Balaban J connectivity index is 1.33. The zero-order valence-corrected chi connectivity index (χ0v) is 21.6. The number of aromatic nitrogens is 4. The lowest BCUT2D eigenvalue weighted by Crippen LogP contribution is -2.51. The van der Waals surface area contributed by atoms with Crippen molar-refractivity contribution in [3.8, 4) is 16.5 Å². The maximum absolute atomic E-state index is 13.5. The Morgan fingerprint density at radius 2 is 2.08 bits per heavy atom. The molecular weight excluding hydrogens is 521 g/mol. The summed E-state index contributed by atoms with van der Waals surface area (Å²) < 4.78 is 46.2. The monoisotopic (exact) mass is 547 g/mol. The third-order valence-electron chi connectivity index (χ3n) is 5.88. The van der Waals surface area contributed by atoms with Gasteiger partial charge in [-0.05, 0) is 31.9 Å². The van der Waals surface area contributed by atoms with Gasteiger partial charge in [0.2, 0.25) is 15.9 Å². The summed E-state index contributed by atoms with van der Waals surface area (Å²) in [4.78, 5) is 32.8. The highest BCUT2D eigenvalue weighted by Crippen LogP contribution is 2.30. The predicted octanol–water partition coefficient (Wildman–Crippen LogP) is 2.42. The number of hydrogen-bond acceptors (Lipinski definition) is 10. The third kappa shape index (κ3) is 6.19. The third-order valence-corrected chi connectivity index (χ3v) is 8.77. The van der Waals surface area contributed by atoms with Crippen LogP contribution >= 0.6 is 11.3 Å². The van der Waals surface area contributed by atoms with Gasteiger partial charge in [-0.25, -0.2) is 22.8 Å². The van der Waals surface area contributed by atoms with Crippen LogP contribution in [0, 0.1) is 0 Å². The quantitative estimate of drug-likeness (QED) is 0.370. The number of carbonyl (C=O) groups is 1. The summed E-state index contributed by atoms with van der Waals surface area (Å²) >= 11 is 1.15. The van der Waals surface area contributed by atoms with Crippen LogP contribution in [0.25, 0.3) is 10.6 Å². The number of hydrogen-bond donors (Lipinski definition) is 2. The van der Waals surface area contributed by atoms with Crippen molar-refractivity contribution >= 4 is 33.0 Å². The molecule has 37 heavy (non-hydrogen) atoms. The molecule has 1 saturated carbocycles. The number of likely N-dealkylation sites (tertiary alicyclic amines) is 1. The van der Waals surface area contributed by atoms with Crippen LogP contribution in [0.5, 0.6) is 5.88 Å². The van der Waals surface area contributed by atoms with E-state index >= 15 is 0 Å². The first-order valence-corrected chi connectivity index (χ1v) is 14.2. The van der Waals surface area contributed by atoms with Crippen molar-refractivity contribution in [3.63, 3.8) is 0 Å². The van der Waals surface area contributed by atoms with E-state index in [4.69, 9.17) is 4.74 Å². The van der Waals surface area contributed by atoms with Gasteiger partial charge >= 0.3 is 0 Å². The van der Waals surface area contributed by atoms with E-state index in [0.29, 0.717) is 53.8 Å². The number of alkyl halides is 1. The van der Waals surface area contributed by atoms with Crippen LogP contribution in [0.4, 0.5) is 10.1 Å². The molecular formula is C23H26FN7O4S2. The second-order valence-corrected chi connectivity index (χ2v) is 11.9. The second-order valence-electron chi connectivity index (χ2n) is 8.86. The zero-order valence-electron chi connectivity index (χ0n) is 20.0. The Labute approximate surface area is 217 Å². The molecule has 0 radical (unpaired) electrons. The van der Waals surface area contributed by atoms with E-state index in [1.165, 1.54) is 12.4 Å². The Morgan fingerprint density at radius 3 is 2.81 bits per heavy atom. The maximum Gasteiger partial charge on any atom is 0.280 e. The van der Waals surface area contributed by atoms with Crippen molar-refractivity contribution in [2.24, 2.45) is 0 Å². The smallest absolute Gasteiger partial charge is 0.280 e. The van der Waals surface area contributed by atoms with Gasteiger partial charge in [0.25, 0.3) is 5.91 Å². The van der Waals surface area contributed by atoms with E-state index in [2.05, 4.69) is 30.0 Å². The van der Waals surface area contributed by atoms with Gasteiger partial charge < -0.3 is 10.1 Å².